The maximum atomic E-state index is 14.0. The Morgan fingerprint density at radius 2 is 0.597 bits per heavy atom. The van der Waals surface area contributed by atoms with Crippen LogP contribution in [0.4, 0.5) is 39.5 Å². The number of aromatic nitrogens is 12. The van der Waals surface area contributed by atoms with Gasteiger partial charge in [0.15, 0.2) is 17.5 Å². The zero-order valence-electron chi connectivity index (χ0n) is 65.7. The topological polar surface area (TPSA) is 179 Å². The van der Waals surface area contributed by atoms with Gasteiger partial charge < -0.3 is 19.9 Å². The molecule has 0 bridgehead atoms. The molecule has 0 radical (unpaired) electrons. The molecule has 0 unspecified atom stereocenters. The Hall–Kier alpha value is -10.9. The Kier molecular flexibility index (Phi) is 23.3. The van der Waals surface area contributed by atoms with Crippen molar-refractivity contribution >= 4 is 111 Å². The molecule has 20 rings (SSSR count). The van der Waals surface area contributed by atoms with Gasteiger partial charge >= 0.3 is 0 Å². The number of imidazole rings is 4. The predicted molar refractivity (Wildman–Crippen MR) is 449 cm³/mol. The second kappa shape index (κ2) is 34.4. The van der Waals surface area contributed by atoms with E-state index < -0.39 is 23.3 Å². The fraction of sp³-hybridized carbons (Fsp3) is 0.304. The van der Waals surface area contributed by atoms with Crippen LogP contribution in [-0.4, -0.2) is 132 Å². The van der Waals surface area contributed by atoms with Crippen molar-refractivity contribution in [1.29, 1.82) is 0 Å². The van der Waals surface area contributed by atoms with Gasteiger partial charge in [-0.15, -0.1) is 0 Å². The monoisotopic (exact) mass is 1650 g/mol. The Bertz CT molecular complexity index is 6180. The van der Waals surface area contributed by atoms with Gasteiger partial charge in [0.1, 0.15) is 63.7 Å². The van der Waals surface area contributed by atoms with Crippen molar-refractivity contribution in [2.45, 2.75) is 127 Å². The zero-order chi connectivity index (χ0) is 82.4. The van der Waals surface area contributed by atoms with Crippen LogP contribution in [0.15, 0.2) is 176 Å². The third kappa shape index (κ3) is 17.1. The van der Waals surface area contributed by atoms with Crippen molar-refractivity contribution in [3.8, 4) is 0 Å². The number of rotatable bonds is 12. The maximum Gasteiger partial charge on any atom is 0.196 e. The highest BCUT2D eigenvalue weighted by Gasteiger charge is 2.33. The minimum absolute atomic E-state index is 0.0758. The second-order valence-electron chi connectivity index (χ2n) is 31.7. The molecule has 4 N–H and O–H groups in total. The number of piperidine rings is 4. The third-order valence-corrected chi connectivity index (χ3v) is 25.2. The molecule has 16 aromatic rings. The molecule has 27 heteroatoms. The minimum Gasteiger partial charge on any atom is -0.341 e. The van der Waals surface area contributed by atoms with Gasteiger partial charge in [0, 0.05) is 63.5 Å². The number of nitrogens with one attached hydrogen (secondary N) is 4. The normalized spacial score (nSPS) is 17.1. The largest absolute Gasteiger partial charge is 0.341 e. The quantitative estimate of drug-likeness (QED) is 0.0673. The molecule has 4 aliphatic heterocycles. The van der Waals surface area contributed by atoms with Crippen molar-refractivity contribution in [3.63, 3.8) is 0 Å². The first kappa shape index (κ1) is 80.5. The summed E-state index contributed by atoms with van der Waals surface area (Å²) in [7, 11) is 0. The molecule has 4 atom stereocenters. The molecular formula is C92H85Cl2F9N16. The van der Waals surface area contributed by atoms with Crippen molar-refractivity contribution < 1.29 is 39.5 Å². The van der Waals surface area contributed by atoms with E-state index in [1.165, 1.54) is 65.2 Å². The molecule has 12 heterocycles. The lowest BCUT2D eigenvalue weighted by atomic mass is 9.87. The molecule has 4 fully saturated rings. The van der Waals surface area contributed by atoms with Crippen LogP contribution >= 0.6 is 23.2 Å². The Morgan fingerprint density at radius 3 is 0.966 bits per heavy atom. The van der Waals surface area contributed by atoms with E-state index >= 15 is 0 Å². The number of H-pyrrole nitrogens is 4. The average molecular weight is 1660 g/mol. The van der Waals surface area contributed by atoms with E-state index in [0.29, 0.717) is 39.6 Å². The van der Waals surface area contributed by atoms with E-state index in [9.17, 15) is 39.5 Å². The third-order valence-electron chi connectivity index (χ3n) is 24.7. The van der Waals surface area contributed by atoms with Crippen LogP contribution in [0.2, 0.25) is 10.0 Å². The molecule has 4 aliphatic rings. The van der Waals surface area contributed by atoms with Crippen LogP contribution in [-0.2, 0) is 0 Å². The lowest BCUT2D eigenvalue weighted by Gasteiger charge is -2.35. The zero-order valence-corrected chi connectivity index (χ0v) is 67.2. The van der Waals surface area contributed by atoms with Gasteiger partial charge in [-0.25, -0.2) is 59.4 Å². The molecule has 8 aromatic carbocycles. The molecule has 8 aromatic heterocycles. The summed E-state index contributed by atoms with van der Waals surface area (Å²) in [6.07, 6.45) is 14.9. The maximum absolute atomic E-state index is 14.0. The summed E-state index contributed by atoms with van der Waals surface area (Å²) < 4.78 is 123. The number of fused-ring (bicyclic) bond motifs is 8. The number of benzene rings is 8. The first-order valence-corrected chi connectivity index (χ1v) is 41.1. The molecule has 0 aliphatic carbocycles. The summed E-state index contributed by atoms with van der Waals surface area (Å²) in [4.78, 5) is 57.9. The van der Waals surface area contributed by atoms with Crippen molar-refractivity contribution in [2.75, 3.05) is 52.4 Å². The van der Waals surface area contributed by atoms with Gasteiger partial charge in [-0.3, -0.25) is 39.5 Å². The summed E-state index contributed by atoms with van der Waals surface area (Å²) in [5.74, 6) is -1.14. The summed E-state index contributed by atoms with van der Waals surface area (Å²) in [5, 5.41) is 4.38. The highest BCUT2D eigenvalue weighted by molar-refractivity contribution is 6.31. The lowest BCUT2D eigenvalue weighted by molar-refractivity contribution is 0.158. The molecule has 610 valence electrons. The summed E-state index contributed by atoms with van der Waals surface area (Å²) in [5.41, 5.74) is 12.7. The molecule has 16 nitrogen and oxygen atoms in total. The van der Waals surface area contributed by atoms with Gasteiger partial charge in [-0.05, 0) is 317 Å². The first-order valence-electron chi connectivity index (χ1n) is 40.4. The smallest absolute Gasteiger partial charge is 0.196 e. The molecule has 4 saturated heterocycles. The Labute approximate surface area is 689 Å². The number of hydrogen-bond acceptors (Lipinski definition) is 12. The van der Waals surface area contributed by atoms with E-state index in [4.69, 9.17) is 28.2 Å². The number of nitrogens with zero attached hydrogens (tertiary/aromatic N) is 12. The fourth-order valence-electron chi connectivity index (χ4n) is 18.0. The molecule has 0 amide bonds. The average Bonchev–Trinajstić information content (AvgIpc) is 1.77. The van der Waals surface area contributed by atoms with Gasteiger partial charge in [0.2, 0.25) is 0 Å². The van der Waals surface area contributed by atoms with Crippen LogP contribution < -0.4 is 0 Å². The minimum atomic E-state index is -1.51. The standard InChI is InChI=1S/C23H21ClF2N4.C23H22ClFN4.C23H20F4N4.C23H22F2N4/c1-13(23-28-21-11-18(24)19(26)12-22(21)29-23)30-8-5-14(6-9-30)16-4-7-27-20-3-2-15(25)10-17(16)20;1-14(23-27-21-4-2-16(24)12-22(21)28-23)29-10-7-15(8-11-29)18-6-9-26-20-5-3-17(25)13-19(18)20;1-12(23-29-19-11-17(25)20(26)21(27)22(19)30-23)31-8-5-13(6-9-31)15-4-7-28-18-3-2-14(24)10-16(15)18;1-14(23-27-21-5-3-17(25)13-22(21)28-23)29-10-7-15(8-11-29)18-6-9-26-20-4-2-16(24)12-19(18)20/h2-4,7,10-14H,5-6,8-9H2,1H3,(H,28,29);2-6,9,12-15H,7-8,10-11H2,1H3,(H,27,28);2-4,7,10-13H,5-6,8-9H2,1H3,(H,29,30);2-6,9,12-15H,7-8,10-11H2,1H3,(H,27,28)/t13-;14-;12-;14-/m1111/s1. The summed E-state index contributed by atoms with van der Waals surface area (Å²) in [6, 6.07) is 41.6. The van der Waals surface area contributed by atoms with Crippen LogP contribution in [0.5, 0.6) is 0 Å². The number of aromatic amines is 4. The van der Waals surface area contributed by atoms with Crippen LogP contribution in [0.1, 0.15) is 172 Å². The van der Waals surface area contributed by atoms with E-state index in [1.54, 1.807) is 60.8 Å². The van der Waals surface area contributed by atoms with Crippen molar-refractivity contribution in [1.82, 2.24) is 79.4 Å². The van der Waals surface area contributed by atoms with Gasteiger partial charge in [-0.2, -0.15) is 0 Å². The number of hydrogen-bond donors (Lipinski definition) is 4. The van der Waals surface area contributed by atoms with E-state index in [1.807, 2.05) is 61.9 Å². The predicted octanol–water partition coefficient (Wildman–Crippen LogP) is 22.8. The lowest BCUT2D eigenvalue weighted by Crippen LogP contribution is -2.35. The van der Waals surface area contributed by atoms with Crippen LogP contribution in [0, 0.1) is 52.4 Å². The fourth-order valence-corrected chi connectivity index (χ4v) is 18.3. The van der Waals surface area contributed by atoms with Crippen LogP contribution in [0.3, 0.4) is 0 Å². The van der Waals surface area contributed by atoms with E-state index in [-0.39, 0.29) is 75.2 Å². The van der Waals surface area contributed by atoms with E-state index in [0.717, 1.165) is 199 Å². The number of likely N-dealkylation sites (tertiary alicyclic amines) is 4. The molecule has 0 spiro atoms. The van der Waals surface area contributed by atoms with Gasteiger partial charge in [-0.1, -0.05) is 23.2 Å². The van der Waals surface area contributed by atoms with Gasteiger partial charge in [0.05, 0.1) is 89.9 Å². The van der Waals surface area contributed by atoms with Gasteiger partial charge in [0.25, 0.3) is 0 Å². The number of pyridine rings is 4. The highest BCUT2D eigenvalue weighted by Crippen LogP contribution is 2.42. The molecule has 119 heavy (non-hydrogen) atoms. The Morgan fingerprint density at radius 1 is 0.303 bits per heavy atom. The van der Waals surface area contributed by atoms with Crippen LogP contribution in [0.25, 0.3) is 87.7 Å². The summed E-state index contributed by atoms with van der Waals surface area (Å²) >= 11 is 12.0. The molecule has 0 saturated carbocycles. The van der Waals surface area contributed by atoms with Crippen molar-refractivity contribution in [2.24, 2.45) is 0 Å². The second-order valence-corrected chi connectivity index (χ2v) is 32.5. The highest BCUT2D eigenvalue weighted by atomic mass is 35.5. The SMILES string of the molecule is C[C@H](c1nc2c(F)c(F)c(F)cc2[nH]1)N1CCC(c2ccnc3ccc(F)cc23)CC1.C[C@H](c1nc2cc(Cl)c(F)cc2[nH]1)N1CCC(c2ccnc3ccc(F)cc23)CC1.C[C@H](c1nc2ccc(Cl)cc2[nH]1)N1CCC(c2ccnc3ccc(F)cc23)CC1.C[C@H](c1nc2ccc(F)cc2[nH]1)N1CCC(c2ccnc3ccc(F)cc23)CC1. The summed E-state index contributed by atoms with van der Waals surface area (Å²) in [6.45, 7) is 15.5. The molecular weight excluding hydrogens is 1570 g/mol. The first-order chi connectivity index (χ1) is 57.6. The van der Waals surface area contributed by atoms with Crippen molar-refractivity contribution in [3.05, 3.63) is 284 Å². The number of halogens is 11. The van der Waals surface area contributed by atoms with E-state index in [2.05, 4.69) is 101 Å². The Balaban J connectivity index is 0.000000113.